The molecular formula is C42H33N5O3S2. The summed E-state index contributed by atoms with van der Waals surface area (Å²) in [5, 5.41) is 9.99. The van der Waals surface area contributed by atoms with Crippen LogP contribution in [0.5, 0.6) is 0 Å². The van der Waals surface area contributed by atoms with Gasteiger partial charge >= 0.3 is 0 Å². The number of aldehydes is 1. The summed E-state index contributed by atoms with van der Waals surface area (Å²) in [5.74, 6) is -0.179. The monoisotopic (exact) mass is 719 g/mol. The summed E-state index contributed by atoms with van der Waals surface area (Å²) in [6.07, 6.45) is 8.00. The van der Waals surface area contributed by atoms with Crippen LogP contribution < -0.4 is 10.6 Å². The fourth-order valence-electron chi connectivity index (χ4n) is 5.61. The van der Waals surface area contributed by atoms with Crippen molar-refractivity contribution in [3.63, 3.8) is 0 Å². The van der Waals surface area contributed by atoms with E-state index in [-0.39, 0.29) is 5.91 Å². The number of hydrogen-bond acceptors (Lipinski definition) is 9. The predicted molar refractivity (Wildman–Crippen MR) is 214 cm³/mol. The van der Waals surface area contributed by atoms with Crippen molar-refractivity contribution in [2.45, 2.75) is 0 Å². The van der Waals surface area contributed by atoms with Crippen LogP contribution in [-0.2, 0) is 4.84 Å². The molecule has 256 valence electrons. The number of fused-ring (bicyclic) bond motifs is 2. The van der Waals surface area contributed by atoms with Gasteiger partial charge in [-0.3, -0.25) is 24.4 Å². The van der Waals surface area contributed by atoms with Gasteiger partial charge < -0.3 is 10.6 Å². The number of carbonyl (C=O) groups is 2. The van der Waals surface area contributed by atoms with E-state index in [0.29, 0.717) is 9.75 Å². The maximum atomic E-state index is 12.4. The van der Waals surface area contributed by atoms with E-state index in [2.05, 4.69) is 69.1 Å². The van der Waals surface area contributed by atoms with Crippen molar-refractivity contribution in [3.8, 4) is 22.3 Å². The number of pyridine rings is 2. The number of nitrogens with one attached hydrogen (secondary N) is 2. The average molecular weight is 720 g/mol. The van der Waals surface area contributed by atoms with Gasteiger partial charge in [0.15, 0.2) is 6.29 Å². The van der Waals surface area contributed by atoms with Crippen molar-refractivity contribution < 1.29 is 14.4 Å². The lowest BCUT2D eigenvalue weighted by molar-refractivity contribution is -0.0753. The molecule has 8 nitrogen and oxygen atoms in total. The lowest BCUT2D eigenvalue weighted by atomic mass is 10.1. The Balaban J connectivity index is 0.000000164. The lowest BCUT2D eigenvalue weighted by Crippen LogP contribution is -2.24. The Labute approximate surface area is 309 Å². The summed E-state index contributed by atoms with van der Waals surface area (Å²) in [7, 11) is 3.07. The second-order valence-electron chi connectivity index (χ2n) is 11.7. The first kappa shape index (κ1) is 34.3. The fourth-order valence-corrected chi connectivity index (χ4v) is 7.50. The molecule has 2 N–H and O–H groups in total. The van der Waals surface area contributed by atoms with E-state index in [1.165, 1.54) is 51.5 Å². The minimum Gasteiger partial charge on any atom is -0.354 e. The highest BCUT2D eigenvalue weighted by molar-refractivity contribution is 7.21. The topological polar surface area (TPSA) is 96.5 Å². The molecule has 0 bridgehead atoms. The number of carbonyl (C=O) groups excluding carboxylic acids is 2. The molecule has 0 atom stereocenters. The highest BCUT2D eigenvalue weighted by Crippen LogP contribution is 2.34. The highest BCUT2D eigenvalue weighted by atomic mass is 32.1. The molecule has 8 aromatic rings. The van der Waals surface area contributed by atoms with Gasteiger partial charge in [0.2, 0.25) is 0 Å². The lowest BCUT2D eigenvalue weighted by Gasteiger charge is -2.11. The first-order chi connectivity index (χ1) is 25.5. The predicted octanol–water partition coefficient (Wildman–Crippen LogP) is 10.9. The first-order valence-corrected chi connectivity index (χ1v) is 18.0. The van der Waals surface area contributed by atoms with Gasteiger partial charge in [-0.2, -0.15) is 0 Å². The normalized spacial score (nSPS) is 10.7. The van der Waals surface area contributed by atoms with Gasteiger partial charge in [-0.25, -0.2) is 5.06 Å². The highest BCUT2D eigenvalue weighted by Gasteiger charge is 2.17. The van der Waals surface area contributed by atoms with Crippen LogP contribution >= 0.6 is 22.7 Å². The molecule has 1 amide bonds. The molecule has 4 heterocycles. The van der Waals surface area contributed by atoms with Crippen molar-refractivity contribution in [1.29, 1.82) is 0 Å². The number of amides is 1. The molecule has 10 heteroatoms. The molecule has 0 fully saturated rings. The Hall–Kier alpha value is -6.20. The standard InChI is InChI=1S/C22H19N3O2S.C20H14N2OS/c1-25(27-2)22(26)20-12-18-19(13-23-14-21(18)28-20)24-17-10-8-16(9-11-17)15-6-4-3-5-7-15;23-13-17-10-18-19(11-21-12-20(18)24-17)22-16-8-6-15(7-9-16)14-4-2-1-3-5-14/h3-14,24H,1-2H3;1-13,22H. The van der Waals surface area contributed by atoms with E-state index in [1.54, 1.807) is 31.8 Å². The summed E-state index contributed by atoms with van der Waals surface area (Å²) < 4.78 is 1.95. The van der Waals surface area contributed by atoms with Crippen molar-refractivity contribution in [2.75, 3.05) is 24.8 Å². The number of hydrogen-bond donors (Lipinski definition) is 2. The Morgan fingerprint density at radius 3 is 1.58 bits per heavy atom. The molecule has 0 aliphatic rings. The summed E-state index contributed by atoms with van der Waals surface area (Å²) in [5.41, 5.74) is 8.43. The number of rotatable bonds is 9. The average Bonchev–Trinajstić information content (AvgIpc) is 3.85. The minimum atomic E-state index is -0.179. The van der Waals surface area contributed by atoms with Crippen molar-refractivity contribution in [1.82, 2.24) is 15.0 Å². The fraction of sp³-hybridized carbons (Fsp3) is 0.0476. The molecule has 0 spiro atoms. The van der Waals surface area contributed by atoms with Crippen molar-refractivity contribution in [2.24, 2.45) is 0 Å². The van der Waals surface area contributed by atoms with Crippen LogP contribution in [0.25, 0.3) is 42.4 Å². The second kappa shape index (κ2) is 15.8. The van der Waals surface area contributed by atoms with E-state index in [9.17, 15) is 9.59 Å². The van der Waals surface area contributed by atoms with E-state index in [0.717, 1.165) is 54.8 Å². The Morgan fingerprint density at radius 2 is 1.10 bits per heavy atom. The van der Waals surface area contributed by atoms with Crippen LogP contribution in [0, 0.1) is 0 Å². The Kier molecular flexibility index (Phi) is 10.4. The van der Waals surface area contributed by atoms with Crippen LogP contribution in [0.4, 0.5) is 22.7 Å². The third kappa shape index (κ3) is 7.74. The zero-order valence-electron chi connectivity index (χ0n) is 28.3. The minimum absolute atomic E-state index is 0.179. The molecule has 0 unspecified atom stereocenters. The molecule has 4 aromatic heterocycles. The van der Waals surface area contributed by atoms with E-state index < -0.39 is 0 Å². The van der Waals surface area contributed by atoms with Gasteiger partial charge in [0, 0.05) is 41.6 Å². The van der Waals surface area contributed by atoms with E-state index >= 15 is 0 Å². The van der Waals surface area contributed by atoms with Gasteiger partial charge in [0.1, 0.15) is 0 Å². The smallest absolute Gasteiger partial charge is 0.287 e. The zero-order chi connectivity index (χ0) is 35.9. The molecule has 0 saturated heterocycles. The first-order valence-electron chi connectivity index (χ1n) is 16.4. The number of hydroxylamine groups is 2. The van der Waals surface area contributed by atoms with Crippen molar-refractivity contribution in [3.05, 3.63) is 156 Å². The summed E-state index contributed by atoms with van der Waals surface area (Å²) in [4.78, 5) is 38.2. The quantitative estimate of drug-likeness (QED) is 0.113. The van der Waals surface area contributed by atoms with Crippen LogP contribution in [0.1, 0.15) is 19.3 Å². The number of thiophene rings is 2. The third-order valence-corrected chi connectivity index (χ3v) is 10.4. The molecule has 0 saturated carbocycles. The van der Waals surface area contributed by atoms with Gasteiger partial charge in [-0.15, -0.1) is 22.7 Å². The zero-order valence-corrected chi connectivity index (χ0v) is 29.9. The Morgan fingerprint density at radius 1 is 0.635 bits per heavy atom. The van der Waals surface area contributed by atoms with Crippen LogP contribution in [0.15, 0.2) is 146 Å². The van der Waals surface area contributed by atoms with Gasteiger partial charge in [0.05, 0.1) is 50.0 Å². The molecular weight excluding hydrogens is 687 g/mol. The number of benzene rings is 4. The number of anilines is 4. The third-order valence-electron chi connectivity index (χ3n) is 8.34. The summed E-state index contributed by atoms with van der Waals surface area (Å²) >= 11 is 2.85. The number of aromatic nitrogens is 2. The SMILES string of the molecule is CON(C)C(=O)c1cc2c(Nc3ccc(-c4ccccc4)cc3)cncc2s1.O=Cc1cc2c(Nc3ccc(-c4ccccc4)cc3)cncc2s1. The largest absolute Gasteiger partial charge is 0.354 e. The molecule has 0 aliphatic carbocycles. The maximum absolute atomic E-state index is 12.4. The van der Waals surface area contributed by atoms with Crippen molar-refractivity contribution >= 4 is 77.8 Å². The van der Waals surface area contributed by atoms with Gasteiger partial charge in [0.25, 0.3) is 5.91 Å². The van der Waals surface area contributed by atoms with Gasteiger partial charge in [-0.1, -0.05) is 84.9 Å². The molecule has 8 rings (SSSR count). The summed E-state index contributed by atoms with van der Waals surface area (Å²) in [6.45, 7) is 0. The molecule has 0 radical (unpaired) electrons. The maximum Gasteiger partial charge on any atom is 0.287 e. The Bertz CT molecular complexity index is 2450. The van der Waals surface area contributed by atoms with E-state index in [1.807, 2.05) is 72.8 Å². The molecule has 52 heavy (non-hydrogen) atoms. The van der Waals surface area contributed by atoms with E-state index in [4.69, 9.17) is 4.84 Å². The van der Waals surface area contributed by atoms with Gasteiger partial charge in [-0.05, 0) is 58.7 Å². The molecule has 0 aliphatic heterocycles. The molecule has 4 aromatic carbocycles. The number of nitrogens with zero attached hydrogens (tertiary/aromatic N) is 3. The summed E-state index contributed by atoms with van der Waals surface area (Å²) in [6, 6.07) is 40.8. The van der Waals surface area contributed by atoms with Crippen LogP contribution in [0.2, 0.25) is 0 Å². The second-order valence-corrected chi connectivity index (χ2v) is 13.9. The van der Waals surface area contributed by atoms with Crippen LogP contribution in [-0.4, -0.2) is 41.4 Å². The van der Waals surface area contributed by atoms with Crippen LogP contribution in [0.3, 0.4) is 0 Å².